The first kappa shape index (κ1) is 13.1. The molecule has 3 rings (SSSR count). The van der Waals surface area contributed by atoms with Crippen molar-refractivity contribution in [3.05, 3.63) is 70.3 Å². The number of carbonyl (C=O) groups excluding carboxylic acids is 1. The van der Waals surface area contributed by atoms with Crippen molar-refractivity contribution in [2.45, 2.75) is 39.0 Å². The molecule has 1 unspecified atom stereocenters. The zero-order valence-corrected chi connectivity index (χ0v) is 12.1. The number of Topliss-reactive ketones (excluding diaryl/α,β-unsaturated/α-hetero) is 1. The molecule has 1 atom stereocenters. The van der Waals surface area contributed by atoms with Gasteiger partial charge in [0.1, 0.15) is 5.78 Å². The fraction of sp³-hybridized carbons (Fsp3) is 0.316. The summed E-state index contributed by atoms with van der Waals surface area (Å²) in [7, 11) is 0. The maximum Gasteiger partial charge on any atom is 0.138 e. The van der Waals surface area contributed by atoms with E-state index in [0.717, 1.165) is 6.42 Å². The topological polar surface area (TPSA) is 17.1 Å². The molecule has 20 heavy (non-hydrogen) atoms. The highest BCUT2D eigenvalue weighted by Gasteiger charge is 2.28. The van der Waals surface area contributed by atoms with E-state index in [0.29, 0.717) is 18.6 Å². The van der Waals surface area contributed by atoms with Gasteiger partial charge in [-0.2, -0.15) is 0 Å². The fourth-order valence-corrected chi connectivity index (χ4v) is 3.44. The van der Waals surface area contributed by atoms with E-state index in [-0.39, 0.29) is 5.92 Å². The summed E-state index contributed by atoms with van der Waals surface area (Å²) in [6, 6.07) is 14.8. The fourth-order valence-electron chi connectivity index (χ4n) is 3.44. The summed E-state index contributed by atoms with van der Waals surface area (Å²) in [5, 5.41) is 0. The van der Waals surface area contributed by atoms with Crippen LogP contribution >= 0.6 is 0 Å². The van der Waals surface area contributed by atoms with Crippen molar-refractivity contribution < 1.29 is 4.79 Å². The molecule has 0 saturated carbocycles. The summed E-state index contributed by atoms with van der Waals surface area (Å²) in [5.41, 5.74) is 6.67. The Labute approximate surface area is 120 Å². The van der Waals surface area contributed by atoms with Gasteiger partial charge in [-0.15, -0.1) is 0 Å². The molecule has 102 valence electrons. The first-order valence-corrected chi connectivity index (χ1v) is 7.38. The van der Waals surface area contributed by atoms with Crippen LogP contribution in [0, 0.1) is 6.92 Å². The molecule has 1 aliphatic carbocycles. The number of hydrogen-bond acceptors (Lipinski definition) is 1. The second-order valence-corrected chi connectivity index (χ2v) is 5.66. The Hall–Kier alpha value is -1.89. The lowest BCUT2D eigenvalue weighted by Gasteiger charge is -2.28. The van der Waals surface area contributed by atoms with Crippen molar-refractivity contribution in [1.29, 1.82) is 0 Å². The molecule has 2 aromatic carbocycles. The number of benzene rings is 2. The van der Waals surface area contributed by atoms with Crippen LogP contribution in [0.3, 0.4) is 0 Å². The van der Waals surface area contributed by atoms with Crippen molar-refractivity contribution in [3.8, 4) is 0 Å². The molecule has 0 fully saturated rings. The summed E-state index contributed by atoms with van der Waals surface area (Å²) >= 11 is 0. The Morgan fingerprint density at radius 3 is 2.55 bits per heavy atom. The highest BCUT2D eigenvalue weighted by atomic mass is 16.1. The smallest absolute Gasteiger partial charge is 0.138 e. The van der Waals surface area contributed by atoms with Gasteiger partial charge in [0.2, 0.25) is 0 Å². The van der Waals surface area contributed by atoms with Crippen LogP contribution in [0.15, 0.2) is 42.5 Å². The van der Waals surface area contributed by atoms with E-state index in [1.807, 2.05) is 6.07 Å². The van der Waals surface area contributed by atoms with Crippen LogP contribution in [-0.4, -0.2) is 5.78 Å². The molecule has 1 aliphatic rings. The van der Waals surface area contributed by atoms with E-state index in [1.165, 1.54) is 27.8 Å². The summed E-state index contributed by atoms with van der Waals surface area (Å²) in [5.74, 6) is 0.592. The Kier molecular flexibility index (Phi) is 3.43. The second kappa shape index (κ2) is 5.24. The number of ketones is 1. The maximum atomic E-state index is 12.1. The van der Waals surface area contributed by atoms with E-state index in [4.69, 9.17) is 0 Å². The van der Waals surface area contributed by atoms with Gasteiger partial charge in [-0.25, -0.2) is 0 Å². The number of rotatable bonds is 2. The molecule has 0 N–H and O–H groups in total. The van der Waals surface area contributed by atoms with Gasteiger partial charge in [0.15, 0.2) is 0 Å². The number of aryl methyl sites for hydroxylation is 1. The van der Waals surface area contributed by atoms with Gasteiger partial charge in [-0.3, -0.25) is 4.79 Å². The van der Waals surface area contributed by atoms with Gasteiger partial charge in [0, 0.05) is 18.8 Å². The van der Waals surface area contributed by atoms with E-state index < -0.39 is 0 Å². The third-order valence-electron chi connectivity index (χ3n) is 4.47. The summed E-state index contributed by atoms with van der Waals surface area (Å²) in [6.07, 6.45) is 2.29. The maximum absolute atomic E-state index is 12.1. The van der Waals surface area contributed by atoms with Crippen molar-refractivity contribution in [2.75, 3.05) is 0 Å². The minimum absolute atomic E-state index is 0.235. The number of fused-ring (bicyclic) bond motifs is 1. The van der Waals surface area contributed by atoms with Gasteiger partial charge < -0.3 is 0 Å². The lowest BCUT2D eigenvalue weighted by molar-refractivity contribution is -0.119. The zero-order valence-electron chi connectivity index (χ0n) is 12.1. The van der Waals surface area contributed by atoms with Crippen molar-refractivity contribution in [1.82, 2.24) is 0 Å². The van der Waals surface area contributed by atoms with Crippen LogP contribution in [0.2, 0.25) is 0 Å². The van der Waals surface area contributed by atoms with Crippen molar-refractivity contribution in [2.24, 2.45) is 0 Å². The summed E-state index contributed by atoms with van der Waals surface area (Å²) in [6.45, 7) is 4.41. The molecule has 0 radical (unpaired) electrons. The van der Waals surface area contributed by atoms with Gasteiger partial charge in [0.05, 0.1) is 0 Å². The molecule has 0 saturated heterocycles. The van der Waals surface area contributed by atoms with Crippen LogP contribution in [0.5, 0.6) is 0 Å². The highest BCUT2D eigenvalue weighted by molar-refractivity contribution is 5.85. The first-order valence-electron chi connectivity index (χ1n) is 7.38. The lowest BCUT2D eigenvalue weighted by atomic mass is 9.75. The molecule has 0 aromatic heterocycles. The van der Waals surface area contributed by atoms with Crippen LogP contribution < -0.4 is 0 Å². The number of hydrogen-bond donors (Lipinski definition) is 0. The summed E-state index contributed by atoms with van der Waals surface area (Å²) in [4.78, 5) is 12.1. The predicted octanol–water partition coefficient (Wildman–Crippen LogP) is 4.20. The average Bonchev–Trinajstić information content (AvgIpc) is 2.47. The monoisotopic (exact) mass is 264 g/mol. The molecule has 1 heteroatoms. The molecule has 0 heterocycles. The van der Waals surface area contributed by atoms with Gasteiger partial charge in [-0.1, -0.05) is 49.4 Å². The third kappa shape index (κ3) is 2.18. The highest BCUT2D eigenvalue weighted by Crippen LogP contribution is 2.38. The van der Waals surface area contributed by atoms with Crippen LogP contribution in [0.4, 0.5) is 0 Å². The first-order chi connectivity index (χ1) is 9.70. The lowest BCUT2D eigenvalue weighted by Crippen LogP contribution is -2.21. The van der Waals surface area contributed by atoms with E-state index in [1.54, 1.807) is 0 Å². The molecule has 0 amide bonds. The van der Waals surface area contributed by atoms with Crippen LogP contribution in [0.1, 0.15) is 47.1 Å². The van der Waals surface area contributed by atoms with E-state index in [9.17, 15) is 4.79 Å². The minimum atomic E-state index is 0.235. The van der Waals surface area contributed by atoms with Crippen LogP contribution in [0.25, 0.3) is 0 Å². The van der Waals surface area contributed by atoms with Crippen molar-refractivity contribution >= 4 is 5.78 Å². The Morgan fingerprint density at radius 2 is 1.85 bits per heavy atom. The molecular weight excluding hydrogens is 244 g/mol. The van der Waals surface area contributed by atoms with Crippen LogP contribution in [-0.2, 0) is 17.6 Å². The molecule has 0 spiro atoms. The van der Waals surface area contributed by atoms with Gasteiger partial charge >= 0.3 is 0 Å². The quantitative estimate of drug-likeness (QED) is 0.794. The van der Waals surface area contributed by atoms with Gasteiger partial charge in [0.25, 0.3) is 0 Å². The molecule has 2 aromatic rings. The predicted molar refractivity (Wildman–Crippen MR) is 82.2 cm³/mol. The average molecular weight is 264 g/mol. The molecule has 1 nitrogen and oxygen atoms in total. The van der Waals surface area contributed by atoms with E-state index >= 15 is 0 Å². The second-order valence-electron chi connectivity index (χ2n) is 5.66. The van der Waals surface area contributed by atoms with Crippen molar-refractivity contribution in [3.63, 3.8) is 0 Å². The standard InChI is InChI=1S/C19H20O/c1-3-14-9-10-16-11-17(20)12-18(19(16)13(14)2)15-7-5-4-6-8-15/h4-10,18H,3,11-12H2,1-2H3. The van der Waals surface area contributed by atoms with E-state index in [2.05, 4.69) is 50.2 Å². The molecule has 0 aliphatic heterocycles. The Bertz CT molecular complexity index is 640. The Balaban J connectivity index is 2.18. The number of carbonyl (C=O) groups is 1. The third-order valence-corrected chi connectivity index (χ3v) is 4.47. The SMILES string of the molecule is CCc1ccc2c(c1C)C(c1ccccc1)CC(=O)C2. The molecular formula is C19H20O. The zero-order chi connectivity index (χ0) is 14.1. The summed E-state index contributed by atoms with van der Waals surface area (Å²) < 4.78 is 0. The normalized spacial score (nSPS) is 17.9. The Morgan fingerprint density at radius 1 is 1.10 bits per heavy atom. The minimum Gasteiger partial charge on any atom is -0.299 e. The largest absolute Gasteiger partial charge is 0.299 e. The molecule has 0 bridgehead atoms. The van der Waals surface area contributed by atoms with Gasteiger partial charge in [-0.05, 0) is 41.2 Å².